The summed E-state index contributed by atoms with van der Waals surface area (Å²) in [6, 6.07) is 6.50. The predicted octanol–water partition coefficient (Wildman–Crippen LogP) is 4.57. The molecule has 4 nitrogen and oxygen atoms in total. The second-order valence-corrected chi connectivity index (χ2v) is 5.74. The van der Waals surface area contributed by atoms with Crippen LogP contribution in [-0.2, 0) is 4.79 Å². The van der Waals surface area contributed by atoms with Crippen molar-refractivity contribution in [2.75, 3.05) is 4.72 Å². The summed E-state index contributed by atoms with van der Waals surface area (Å²) in [6.45, 7) is 3.38. The first kappa shape index (κ1) is 16.7. The van der Waals surface area contributed by atoms with Crippen LogP contribution in [0.5, 0.6) is 0 Å². The molecule has 0 amide bonds. The van der Waals surface area contributed by atoms with E-state index < -0.39 is 5.12 Å². The molecular weight excluding hydrogens is 319 g/mol. The van der Waals surface area contributed by atoms with Crippen LogP contribution in [-0.4, -0.2) is 10.2 Å². The molecule has 0 aliphatic carbocycles. The van der Waals surface area contributed by atoms with Gasteiger partial charge in [-0.3, -0.25) is 4.79 Å². The fourth-order valence-electron chi connectivity index (χ4n) is 1.21. The van der Waals surface area contributed by atoms with Crippen LogP contribution in [0.4, 0.5) is 5.69 Å². The van der Waals surface area contributed by atoms with Gasteiger partial charge in [0.2, 0.25) is 0 Å². The zero-order valence-corrected chi connectivity index (χ0v) is 13.1. The average Bonchev–Trinajstić information content (AvgIpc) is 2.40. The molecule has 0 saturated carbocycles. The van der Waals surface area contributed by atoms with Crippen LogP contribution >= 0.6 is 35.1 Å². The van der Waals surface area contributed by atoms with Crippen LogP contribution in [0.1, 0.15) is 13.8 Å². The van der Waals surface area contributed by atoms with Crippen molar-refractivity contribution < 1.29 is 9.90 Å². The van der Waals surface area contributed by atoms with E-state index in [1.165, 1.54) is 0 Å². The highest BCUT2D eigenvalue weighted by atomic mass is 35.5. The van der Waals surface area contributed by atoms with Gasteiger partial charge in [-0.05, 0) is 18.2 Å². The number of carbonyl (C=O) groups is 1. The van der Waals surface area contributed by atoms with Gasteiger partial charge in [0.05, 0.1) is 10.0 Å². The van der Waals surface area contributed by atoms with Crippen molar-refractivity contribution in [1.29, 1.82) is 5.26 Å². The number of nitrogens with zero attached hydrogens (tertiary/aromatic N) is 1. The summed E-state index contributed by atoms with van der Waals surface area (Å²) in [5.41, 5.74) is 0.302. The van der Waals surface area contributed by atoms with Crippen LogP contribution in [0.15, 0.2) is 29.5 Å². The Morgan fingerprint density at radius 1 is 1.40 bits per heavy atom. The Balaban J connectivity index is 2.79. The monoisotopic (exact) mass is 330 g/mol. The first-order valence-corrected chi connectivity index (χ1v) is 7.19. The Morgan fingerprint density at radius 2 is 2.05 bits per heavy atom. The first-order valence-electron chi connectivity index (χ1n) is 5.62. The van der Waals surface area contributed by atoms with Gasteiger partial charge < -0.3 is 9.83 Å². The molecule has 0 radical (unpaired) electrons. The molecule has 106 valence electrons. The summed E-state index contributed by atoms with van der Waals surface area (Å²) in [4.78, 5) is 11.8. The molecule has 0 atom stereocenters. The van der Waals surface area contributed by atoms with Gasteiger partial charge in [0.25, 0.3) is 5.12 Å². The standard InChI is InChI=1S/C13H12Cl2N2O2S/c1-7(2)12(18)9(6-16)13(19)20-17-8-3-4-10(14)11(15)5-8/h3-5,7,17-18H,1-2H3. The van der Waals surface area contributed by atoms with E-state index in [-0.39, 0.29) is 17.3 Å². The van der Waals surface area contributed by atoms with Crippen LogP contribution in [0.25, 0.3) is 0 Å². The highest BCUT2D eigenvalue weighted by Crippen LogP contribution is 2.27. The first-order chi connectivity index (χ1) is 9.36. The van der Waals surface area contributed by atoms with Gasteiger partial charge >= 0.3 is 0 Å². The van der Waals surface area contributed by atoms with Crippen molar-refractivity contribution in [1.82, 2.24) is 0 Å². The highest BCUT2D eigenvalue weighted by Gasteiger charge is 2.18. The lowest BCUT2D eigenvalue weighted by molar-refractivity contribution is -0.107. The predicted molar refractivity (Wildman–Crippen MR) is 82.8 cm³/mol. The molecule has 1 aromatic carbocycles. The molecule has 0 unspecified atom stereocenters. The average molecular weight is 331 g/mol. The smallest absolute Gasteiger partial charge is 0.253 e. The Morgan fingerprint density at radius 3 is 2.55 bits per heavy atom. The minimum atomic E-state index is -0.565. The van der Waals surface area contributed by atoms with E-state index in [2.05, 4.69) is 4.72 Å². The Hall–Kier alpha value is -1.35. The van der Waals surface area contributed by atoms with Gasteiger partial charge in [0.1, 0.15) is 17.4 Å². The van der Waals surface area contributed by atoms with Gasteiger partial charge in [0, 0.05) is 23.6 Å². The molecule has 7 heteroatoms. The third-order valence-electron chi connectivity index (χ3n) is 2.30. The Labute approximate surface area is 131 Å². The third-order valence-corrected chi connectivity index (χ3v) is 3.77. The summed E-state index contributed by atoms with van der Waals surface area (Å²) in [5.74, 6) is -0.514. The zero-order valence-electron chi connectivity index (χ0n) is 10.8. The van der Waals surface area contributed by atoms with E-state index in [1.807, 2.05) is 0 Å². The van der Waals surface area contributed by atoms with Crippen LogP contribution in [0, 0.1) is 17.2 Å². The Bertz CT molecular complexity index is 595. The summed E-state index contributed by atoms with van der Waals surface area (Å²) in [5, 5.41) is 18.8. The maximum atomic E-state index is 11.8. The lowest BCUT2D eigenvalue weighted by Crippen LogP contribution is -2.06. The zero-order chi connectivity index (χ0) is 15.3. The summed E-state index contributed by atoms with van der Waals surface area (Å²) < 4.78 is 2.75. The van der Waals surface area contributed by atoms with Gasteiger partial charge in [0.15, 0.2) is 0 Å². The number of benzene rings is 1. The number of rotatable bonds is 4. The molecule has 1 aromatic rings. The van der Waals surface area contributed by atoms with Crippen molar-refractivity contribution in [3.05, 3.63) is 39.6 Å². The number of hydrogen-bond donors (Lipinski definition) is 2. The quantitative estimate of drug-likeness (QED) is 0.366. The SMILES string of the molecule is CC(C)C(O)=C(C#N)C(=O)SNc1ccc(Cl)c(Cl)c1. The lowest BCUT2D eigenvalue weighted by Gasteiger charge is -2.08. The number of nitriles is 1. The maximum Gasteiger partial charge on any atom is 0.253 e. The van der Waals surface area contributed by atoms with Crippen molar-refractivity contribution in [3.63, 3.8) is 0 Å². The van der Waals surface area contributed by atoms with Gasteiger partial charge in [-0.25, -0.2) is 0 Å². The number of halogens is 2. The molecule has 0 saturated heterocycles. The number of nitrogens with one attached hydrogen (secondary N) is 1. The second-order valence-electron chi connectivity index (χ2n) is 4.15. The highest BCUT2D eigenvalue weighted by molar-refractivity contribution is 8.15. The molecule has 0 spiro atoms. The molecule has 0 aliphatic heterocycles. The van der Waals surface area contributed by atoms with Gasteiger partial charge in [-0.1, -0.05) is 37.0 Å². The van der Waals surface area contributed by atoms with Gasteiger partial charge in [-0.15, -0.1) is 0 Å². The van der Waals surface area contributed by atoms with Crippen LogP contribution in [0.3, 0.4) is 0 Å². The summed E-state index contributed by atoms with van der Waals surface area (Å²) in [7, 11) is 0. The molecule has 0 aromatic heterocycles. The number of allylic oxidation sites excluding steroid dienone is 1. The normalized spacial score (nSPS) is 11.8. The van der Waals surface area contributed by atoms with E-state index in [0.717, 1.165) is 0 Å². The van der Waals surface area contributed by atoms with Crippen LogP contribution in [0.2, 0.25) is 10.0 Å². The fraction of sp³-hybridized carbons (Fsp3) is 0.231. The van der Waals surface area contributed by atoms with Crippen molar-refractivity contribution in [3.8, 4) is 6.07 Å². The fourth-order valence-corrected chi connectivity index (χ4v) is 2.10. The topological polar surface area (TPSA) is 73.1 Å². The number of aliphatic hydroxyl groups excluding tert-OH is 1. The van der Waals surface area contributed by atoms with Gasteiger partial charge in [-0.2, -0.15) is 5.26 Å². The number of anilines is 1. The maximum absolute atomic E-state index is 11.8. The summed E-state index contributed by atoms with van der Waals surface area (Å²) >= 11 is 12.3. The van der Waals surface area contributed by atoms with E-state index in [9.17, 15) is 9.90 Å². The van der Waals surface area contributed by atoms with Crippen LogP contribution < -0.4 is 4.72 Å². The van der Waals surface area contributed by atoms with E-state index >= 15 is 0 Å². The number of aliphatic hydroxyl groups is 1. The third kappa shape index (κ3) is 4.34. The number of carbonyl (C=O) groups excluding carboxylic acids is 1. The summed E-state index contributed by atoms with van der Waals surface area (Å²) in [6.07, 6.45) is 0. The lowest BCUT2D eigenvalue weighted by atomic mass is 10.1. The number of hydrogen-bond acceptors (Lipinski definition) is 5. The molecular formula is C13H12Cl2N2O2S. The molecule has 0 bridgehead atoms. The van der Waals surface area contributed by atoms with Crippen molar-refractivity contribution in [2.45, 2.75) is 13.8 Å². The Kier molecular flexibility index (Phi) is 6.21. The molecule has 0 heterocycles. The molecule has 0 aliphatic rings. The largest absolute Gasteiger partial charge is 0.510 e. The molecule has 1 rings (SSSR count). The van der Waals surface area contributed by atoms with Crippen molar-refractivity contribution in [2.24, 2.45) is 5.92 Å². The second kappa shape index (κ2) is 7.44. The molecule has 2 N–H and O–H groups in total. The molecule has 0 fully saturated rings. The van der Waals surface area contributed by atoms with E-state index in [1.54, 1.807) is 38.1 Å². The minimum Gasteiger partial charge on any atom is -0.510 e. The van der Waals surface area contributed by atoms with Crippen molar-refractivity contribution >= 4 is 46.0 Å². The van der Waals surface area contributed by atoms with E-state index in [0.29, 0.717) is 27.7 Å². The van der Waals surface area contributed by atoms with E-state index in [4.69, 9.17) is 28.5 Å². The minimum absolute atomic E-state index is 0.221. The molecule has 20 heavy (non-hydrogen) atoms.